The first-order valence-electron chi connectivity index (χ1n) is 13.3. The van der Waals surface area contributed by atoms with Gasteiger partial charge in [0.15, 0.2) is 5.75 Å². The third-order valence-corrected chi connectivity index (χ3v) is 11.4. The van der Waals surface area contributed by atoms with Crippen molar-refractivity contribution in [1.29, 1.82) is 0 Å². The molecule has 0 spiro atoms. The molecule has 0 atom stereocenters. The van der Waals surface area contributed by atoms with Crippen molar-refractivity contribution in [1.82, 2.24) is 0 Å². The Balaban J connectivity index is 1.83. The van der Waals surface area contributed by atoms with E-state index in [1.807, 2.05) is 0 Å². The average Bonchev–Trinajstić information content (AvgIpc) is 3.00. The number of phenols is 1. The van der Waals surface area contributed by atoms with Crippen LogP contribution in [0.1, 0.15) is 0 Å². The summed E-state index contributed by atoms with van der Waals surface area (Å²) in [6, 6.07) is 9.95. The van der Waals surface area contributed by atoms with E-state index in [0.29, 0.717) is 18.2 Å². The fraction of sp³-hybridized carbons (Fsp3) is 0. The van der Waals surface area contributed by atoms with Crippen LogP contribution in [0.25, 0.3) is 21.5 Å². The van der Waals surface area contributed by atoms with Crippen LogP contribution in [0.3, 0.4) is 0 Å². The Hall–Kier alpha value is -5.03. The topological polar surface area (TPSA) is 368 Å². The van der Waals surface area contributed by atoms with E-state index in [0.717, 1.165) is 36.4 Å². The highest BCUT2D eigenvalue weighted by Gasteiger charge is 2.29. The Morgan fingerprint density at radius 1 is 0.481 bits per heavy atom. The summed E-state index contributed by atoms with van der Waals surface area (Å²) in [7, 11) is -25.8. The van der Waals surface area contributed by atoms with Crippen molar-refractivity contribution in [2.45, 2.75) is 24.5 Å². The molecule has 0 aliphatic rings. The summed E-state index contributed by atoms with van der Waals surface area (Å²) >= 11 is 0. The molecule has 0 saturated heterocycles. The lowest BCUT2D eigenvalue weighted by atomic mass is 10.1. The molecule has 0 aliphatic carbocycles. The van der Waals surface area contributed by atoms with Crippen LogP contribution in [0.4, 0.5) is 28.4 Å². The minimum absolute atomic E-state index is 0.410. The molecular weight excluding hydrogens is 799 g/mol. The zero-order chi connectivity index (χ0) is 38.8. The molecule has 8 N–H and O–H groups in total. The first-order chi connectivity index (χ1) is 23.8. The molecule has 5 rings (SSSR count). The van der Waals surface area contributed by atoms with Crippen molar-refractivity contribution in [2.75, 3.05) is 5.73 Å². The second kappa shape index (κ2) is 12.9. The van der Waals surface area contributed by atoms with Crippen molar-refractivity contribution in [3.63, 3.8) is 0 Å². The van der Waals surface area contributed by atoms with E-state index in [9.17, 15) is 70.0 Å². The number of rotatable bonds is 9. The molecule has 5 aromatic rings. The maximum atomic E-state index is 12.4. The fourth-order valence-electron chi connectivity index (χ4n) is 4.88. The smallest absolute Gasteiger partial charge is 0.296 e. The summed E-state index contributed by atoms with van der Waals surface area (Å²) in [4.78, 5) is -5.02. The van der Waals surface area contributed by atoms with Crippen molar-refractivity contribution in [2.24, 2.45) is 20.5 Å². The highest BCUT2D eigenvalue weighted by Crippen LogP contribution is 2.48. The molecule has 0 amide bonds. The molecule has 5 aromatic carbocycles. The molecule has 274 valence electrons. The van der Waals surface area contributed by atoms with Gasteiger partial charge < -0.3 is 10.8 Å². The number of benzene rings is 5. The van der Waals surface area contributed by atoms with Gasteiger partial charge in [0.05, 0.1) is 16.8 Å². The normalized spacial score (nSPS) is 13.5. The van der Waals surface area contributed by atoms with Gasteiger partial charge in [0.1, 0.15) is 41.5 Å². The van der Waals surface area contributed by atoms with Crippen LogP contribution in [0, 0.1) is 0 Å². The number of nitrogens with two attached hydrogens (primary N) is 1. The van der Waals surface area contributed by atoms with E-state index in [1.54, 1.807) is 0 Å². The minimum Gasteiger partial charge on any atom is -0.505 e. The van der Waals surface area contributed by atoms with Gasteiger partial charge in [-0.15, -0.1) is 15.3 Å². The Morgan fingerprint density at radius 2 is 0.981 bits per heavy atom. The molecule has 21 nitrogen and oxygen atoms in total. The predicted molar refractivity (Wildman–Crippen MR) is 178 cm³/mol. The van der Waals surface area contributed by atoms with Crippen molar-refractivity contribution in [3.8, 4) is 5.75 Å². The van der Waals surface area contributed by atoms with E-state index in [2.05, 4.69) is 20.5 Å². The zero-order valence-corrected chi connectivity index (χ0v) is 29.1. The second-order valence-corrected chi connectivity index (χ2v) is 17.3. The van der Waals surface area contributed by atoms with Crippen LogP contribution < -0.4 is 5.73 Å². The molecule has 0 saturated carbocycles. The maximum absolute atomic E-state index is 12.4. The van der Waals surface area contributed by atoms with Gasteiger partial charge in [-0.2, -0.15) is 47.2 Å². The monoisotopic (exact) mass is 817 g/mol. The lowest BCUT2D eigenvalue weighted by Gasteiger charge is -2.14. The summed E-state index contributed by atoms with van der Waals surface area (Å²) in [6.45, 7) is 0. The summed E-state index contributed by atoms with van der Waals surface area (Å²) in [6.07, 6.45) is 0. The van der Waals surface area contributed by atoms with E-state index in [-0.39, 0.29) is 0 Å². The molecule has 0 bridgehead atoms. The Bertz CT molecular complexity index is 3000. The van der Waals surface area contributed by atoms with Crippen molar-refractivity contribution >= 4 is 101 Å². The van der Waals surface area contributed by atoms with E-state index < -0.39 is 131 Å². The number of azo groups is 2. The standard InChI is InChI=1S/C26H19N5O16S5/c27-23-22-12(8-20(51(42,43)44)24(23)30-29-16-5-1-2-6-18(16)49(36,37)38)9-21(52(45,46)47)25(26(22)32)31-28-13-10-15-14(19(11-13)50(39,40)41)4-3-7-17(15)48(33,34)35/h1-11,32H,27H2,(H,33,34,35)(H,36,37,38)(H,39,40,41)(H,42,43,44)(H,45,46,47). The summed E-state index contributed by atoms with van der Waals surface area (Å²) in [5.74, 6) is -1.27. The van der Waals surface area contributed by atoms with E-state index >= 15 is 0 Å². The number of nitrogen functional groups attached to an aromatic ring is 1. The molecule has 0 aromatic heterocycles. The molecule has 0 radical (unpaired) electrons. The summed E-state index contributed by atoms with van der Waals surface area (Å²) in [5.41, 5.74) is 1.95. The second-order valence-electron chi connectivity index (χ2n) is 10.3. The largest absolute Gasteiger partial charge is 0.505 e. The van der Waals surface area contributed by atoms with Crippen LogP contribution in [-0.2, 0) is 50.6 Å². The van der Waals surface area contributed by atoms with Gasteiger partial charge >= 0.3 is 0 Å². The van der Waals surface area contributed by atoms with Gasteiger partial charge in [-0.1, -0.05) is 24.3 Å². The summed E-state index contributed by atoms with van der Waals surface area (Å²) < 4.78 is 170. The highest BCUT2D eigenvalue weighted by atomic mass is 32.2. The van der Waals surface area contributed by atoms with Crippen molar-refractivity contribution in [3.05, 3.63) is 66.7 Å². The Morgan fingerprint density at radius 3 is 1.54 bits per heavy atom. The SMILES string of the molecule is Nc1c(N=Nc2ccccc2S(=O)(=O)O)c(S(=O)(=O)O)cc2cc(S(=O)(=O)O)c(N=Nc3cc(S(=O)(=O)O)c4cccc(S(=O)(=O)O)c4c3)c(O)c12. The number of aromatic hydroxyl groups is 1. The Labute approximate surface area is 292 Å². The lowest BCUT2D eigenvalue weighted by molar-refractivity contribution is 0.472. The third kappa shape index (κ3) is 7.46. The Kier molecular flexibility index (Phi) is 9.46. The fourth-order valence-corrected chi connectivity index (χ4v) is 8.25. The first kappa shape index (κ1) is 38.2. The number of nitrogens with zero attached hydrogens (tertiary/aromatic N) is 4. The first-order valence-corrected chi connectivity index (χ1v) is 20.5. The number of phenolic OH excluding ortho intramolecular Hbond substituents is 1. The molecule has 52 heavy (non-hydrogen) atoms. The van der Waals surface area contributed by atoms with Crippen LogP contribution in [0.2, 0.25) is 0 Å². The van der Waals surface area contributed by atoms with Crippen LogP contribution in [0.15, 0.2) is 112 Å². The summed E-state index contributed by atoms with van der Waals surface area (Å²) in [5, 5.41) is 23.4. The van der Waals surface area contributed by atoms with Gasteiger partial charge in [0.25, 0.3) is 50.6 Å². The minimum atomic E-state index is -5.42. The maximum Gasteiger partial charge on any atom is 0.296 e. The molecule has 0 heterocycles. The van der Waals surface area contributed by atoms with Gasteiger partial charge in [0, 0.05) is 10.8 Å². The highest BCUT2D eigenvalue weighted by molar-refractivity contribution is 7.87. The van der Waals surface area contributed by atoms with Gasteiger partial charge in [-0.25, -0.2) is 0 Å². The number of hydrogen-bond acceptors (Lipinski definition) is 16. The quantitative estimate of drug-likeness (QED) is 0.0617. The lowest BCUT2D eigenvalue weighted by Crippen LogP contribution is -2.04. The van der Waals surface area contributed by atoms with Crippen LogP contribution >= 0.6 is 0 Å². The van der Waals surface area contributed by atoms with Gasteiger partial charge in [0.2, 0.25) is 0 Å². The van der Waals surface area contributed by atoms with Crippen LogP contribution in [0.5, 0.6) is 5.75 Å². The molecular formula is C26H19N5O16S5. The van der Waals surface area contributed by atoms with E-state index in [4.69, 9.17) is 5.73 Å². The number of fused-ring (bicyclic) bond motifs is 2. The van der Waals surface area contributed by atoms with Gasteiger partial charge in [-0.3, -0.25) is 22.8 Å². The third-order valence-electron chi connectivity index (χ3n) is 6.99. The van der Waals surface area contributed by atoms with E-state index in [1.165, 1.54) is 12.1 Å². The molecule has 26 heteroatoms. The number of anilines is 1. The molecule has 0 aliphatic heterocycles. The number of hydrogen-bond donors (Lipinski definition) is 7. The van der Waals surface area contributed by atoms with Gasteiger partial charge in [-0.05, 0) is 47.9 Å². The molecule has 0 unspecified atom stereocenters. The average molecular weight is 818 g/mol. The predicted octanol–water partition coefficient (Wildman–Crippen LogP) is 4.35. The zero-order valence-electron chi connectivity index (χ0n) is 25.0. The van der Waals surface area contributed by atoms with Crippen molar-refractivity contribution < 1.29 is 70.0 Å². The van der Waals surface area contributed by atoms with Crippen LogP contribution in [-0.4, -0.2) is 70.0 Å². The molecule has 0 fully saturated rings.